The largest absolute Gasteiger partial charge is 0.349 e. The highest BCUT2D eigenvalue weighted by molar-refractivity contribution is 6.06. The van der Waals surface area contributed by atoms with E-state index in [1.165, 1.54) is 10.6 Å². The third-order valence-corrected chi connectivity index (χ3v) is 2.81. The molecule has 0 bridgehead atoms. The number of aryl methyl sites for hydroxylation is 1. The molecule has 0 atom stereocenters. The van der Waals surface area contributed by atoms with Crippen molar-refractivity contribution in [3.63, 3.8) is 0 Å². The van der Waals surface area contributed by atoms with Crippen LogP contribution in [0.4, 0.5) is 0 Å². The van der Waals surface area contributed by atoms with Crippen LogP contribution < -0.4 is 10.9 Å². The number of pyridine rings is 1. The summed E-state index contributed by atoms with van der Waals surface area (Å²) in [5, 5.41) is 3.45. The zero-order valence-electron chi connectivity index (χ0n) is 10.1. The maximum absolute atomic E-state index is 12.0. The highest BCUT2D eigenvalue weighted by Crippen LogP contribution is 2.15. The van der Waals surface area contributed by atoms with Crippen molar-refractivity contribution in [1.29, 1.82) is 0 Å². The van der Waals surface area contributed by atoms with E-state index in [0.29, 0.717) is 12.1 Å². The van der Waals surface area contributed by atoms with Crippen LogP contribution in [0, 0.1) is 0 Å². The topological polar surface area (TPSA) is 51.1 Å². The fraction of sp³-hybridized carbons (Fsp3) is 0.143. The lowest BCUT2D eigenvalue weighted by Gasteiger charge is -2.09. The Kier molecular flexibility index (Phi) is 3.28. The van der Waals surface area contributed by atoms with Gasteiger partial charge in [-0.05, 0) is 6.07 Å². The third-order valence-electron chi connectivity index (χ3n) is 2.81. The van der Waals surface area contributed by atoms with Crippen molar-refractivity contribution >= 4 is 16.8 Å². The van der Waals surface area contributed by atoms with Crippen molar-refractivity contribution in [2.75, 3.05) is 6.54 Å². The summed E-state index contributed by atoms with van der Waals surface area (Å²) < 4.78 is 1.53. The van der Waals surface area contributed by atoms with Gasteiger partial charge in [-0.1, -0.05) is 24.3 Å². The predicted molar refractivity (Wildman–Crippen MR) is 71.7 cm³/mol. The van der Waals surface area contributed by atoms with E-state index in [-0.39, 0.29) is 11.5 Å². The number of para-hydroxylation sites is 1. The second-order valence-electron chi connectivity index (χ2n) is 3.97. The SMILES string of the molecule is C=CCNC(=O)c1cc(=O)n(C)c2ccccc12. The number of amides is 1. The summed E-state index contributed by atoms with van der Waals surface area (Å²) >= 11 is 0. The van der Waals surface area contributed by atoms with Gasteiger partial charge in [-0.15, -0.1) is 6.58 Å². The molecule has 2 aromatic rings. The van der Waals surface area contributed by atoms with Crippen molar-refractivity contribution in [2.24, 2.45) is 7.05 Å². The number of nitrogens with one attached hydrogen (secondary N) is 1. The second kappa shape index (κ2) is 4.87. The fourth-order valence-corrected chi connectivity index (χ4v) is 1.86. The zero-order valence-corrected chi connectivity index (χ0v) is 10.1. The Bertz CT molecular complexity index is 671. The molecule has 0 saturated carbocycles. The molecule has 0 radical (unpaired) electrons. The molecule has 0 spiro atoms. The summed E-state index contributed by atoms with van der Waals surface area (Å²) in [5.74, 6) is -0.260. The molecule has 0 saturated heterocycles. The molecule has 18 heavy (non-hydrogen) atoms. The molecule has 0 aliphatic heterocycles. The van der Waals surface area contributed by atoms with Crippen LogP contribution in [-0.2, 0) is 7.05 Å². The van der Waals surface area contributed by atoms with Crippen LogP contribution in [0.1, 0.15) is 10.4 Å². The first-order valence-electron chi connectivity index (χ1n) is 5.63. The van der Waals surface area contributed by atoms with E-state index in [1.54, 1.807) is 13.1 Å². The Morgan fingerprint density at radius 2 is 2.17 bits per heavy atom. The Hall–Kier alpha value is -2.36. The quantitative estimate of drug-likeness (QED) is 0.828. The average molecular weight is 242 g/mol. The number of carbonyl (C=O) groups excluding carboxylic acids is 1. The number of hydrogen-bond donors (Lipinski definition) is 1. The molecule has 1 aromatic carbocycles. The van der Waals surface area contributed by atoms with E-state index in [1.807, 2.05) is 24.3 Å². The maximum atomic E-state index is 12.0. The molecule has 1 aromatic heterocycles. The number of rotatable bonds is 3. The van der Waals surface area contributed by atoms with E-state index in [0.717, 1.165) is 10.9 Å². The minimum atomic E-state index is -0.260. The molecule has 1 N–H and O–H groups in total. The number of fused-ring (bicyclic) bond motifs is 1. The molecule has 4 nitrogen and oxygen atoms in total. The van der Waals surface area contributed by atoms with E-state index in [2.05, 4.69) is 11.9 Å². The molecule has 2 rings (SSSR count). The van der Waals surface area contributed by atoms with Gasteiger partial charge in [0.15, 0.2) is 0 Å². The smallest absolute Gasteiger partial charge is 0.252 e. The van der Waals surface area contributed by atoms with Crippen molar-refractivity contribution in [2.45, 2.75) is 0 Å². The van der Waals surface area contributed by atoms with Gasteiger partial charge in [0.05, 0.1) is 11.1 Å². The number of carbonyl (C=O) groups is 1. The Morgan fingerprint density at radius 1 is 1.44 bits per heavy atom. The van der Waals surface area contributed by atoms with Gasteiger partial charge in [0.2, 0.25) is 0 Å². The van der Waals surface area contributed by atoms with Gasteiger partial charge in [0, 0.05) is 25.0 Å². The summed E-state index contributed by atoms with van der Waals surface area (Å²) in [7, 11) is 1.69. The maximum Gasteiger partial charge on any atom is 0.252 e. The van der Waals surface area contributed by atoms with Crippen molar-refractivity contribution in [1.82, 2.24) is 9.88 Å². The van der Waals surface area contributed by atoms with Crippen LogP contribution in [-0.4, -0.2) is 17.0 Å². The molecule has 0 fully saturated rings. The number of benzene rings is 1. The molecule has 92 valence electrons. The zero-order chi connectivity index (χ0) is 13.1. The van der Waals surface area contributed by atoms with E-state index >= 15 is 0 Å². The molecular weight excluding hydrogens is 228 g/mol. The van der Waals surface area contributed by atoms with Gasteiger partial charge >= 0.3 is 0 Å². The van der Waals surface area contributed by atoms with Crippen LogP contribution in [0.5, 0.6) is 0 Å². The minimum absolute atomic E-state index is 0.197. The fourth-order valence-electron chi connectivity index (χ4n) is 1.86. The highest BCUT2D eigenvalue weighted by atomic mass is 16.2. The molecule has 1 amide bonds. The van der Waals surface area contributed by atoms with Crippen molar-refractivity contribution in [3.05, 3.63) is 58.9 Å². The van der Waals surface area contributed by atoms with E-state index in [4.69, 9.17) is 0 Å². The lowest BCUT2D eigenvalue weighted by atomic mass is 10.1. The Labute approximate surface area is 105 Å². The standard InChI is InChI=1S/C14H14N2O2/c1-3-8-15-14(18)11-9-13(17)16(2)12-7-5-4-6-10(11)12/h3-7,9H,1,8H2,2H3,(H,15,18). The van der Waals surface area contributed by atoms with Crippen LogP contribution >= 0.6 is 0 Å². The third kappa shape index (κ3) is 2.05. The monoisotopic (exact) mass is 242 g/mol. The summed E-state index contributed by atoms with van der Waals surface area (Å²) in [6.45, 7) is 3.92. The van der Waals surface area contributed by atoms with Crippen molar-refractivity contribution in [3.8, 4) is 0 Å². The Balaban J connectivity index is 2.64. The molecular formula is C14H14N2O2. The van der Waals surface area contributed by atoms with Crippen molar-refractivity contribution < 1.29 is 4.79 Å². The Morgan fingerprint density at radius 3 is 2.89 bits per heavy atom. The van der Waals surface area contributed by atoms with Crippen LogP contribution in [0.25, 0.3) is 10.9 Å². The first-order chi connectivity index (χ1) is 8.65. The highest BCUT2D eigenvalue weighted by Gasteiger charge is 2.12. The van der Waals surface area contributed by atoms with Crippen LogP contribution in [0.3, 0.4) is 0 Å². The normalized spacial score (nSPS) is 10.3. The van der Waals surface area contributed by atoms with E-state index in [9.17, 15) is 9.59 Å². The summed E-state index contributed by atoms with van der Waals surface area (Å²) in [6.07, 6.45) is 1.60. The van der Waals surface area contributed by atoms with Crippen LogP contribution in [0.2, 0.25) is 0 Å². The minimum Gasteiger partial charge on any atom is -0.349 e. The van der Waals surface area contributed by atoms with Gasteiger partial charge in [0.25, 0.3) is 11.5 Å². The van der Waals surface area contributed by atoms with Crippen LogP contribution in [0.15, 0.2) is 47.8 Å². The predicted octanol–water partition coefficient (Wildman–Crippen LogP) is 1.45. The molecule has 0 aliphatic carbocycles. The average Bonchev–Trinajstić information content (AvgIpc) is 2.40. The van der Waals surface area contributed by atoms with Gasteiger partial charge < -0.3 is 9.88 Å². The lowest BCUT2D eigenvalue weighted by molar-refractivity contribution is 0.0959. The number of aromatic nitrogens is 1. The summed E-state index contributed by atoms with van der Waals surface area (Å²) in [5.41, 5.74) is 0.946. The first kappa shape index (κ1) is 12.1. The van der Waals surface area contributed by atoms with Gasteiger partial charge in [-0.3, -0.25) is 9.59 Å². The lowest BCUT2D eigenvalue weighted by Crippen LogP contribution is -2.26. The molecule has 4 heteroatoms. The van der Waals surface area contributed by atoms with E-state index < -0.39 is 0 Å². The number of hydrogen-bond acceptors (Lipinski definition) is 2. The van der Waals surface area contributed by atoms with Gasteiger partial charge in [-0.2, -0.15) is 0 Å². The molecule has 0 unspecified atom stereocenters. The van der Waals surface area contributed by atoms with Gasteiger partial charge in [0.1, 0.15) is 0 Å². The van der Waals surface area contributed by atoms with Gasteiger partial charge in [-0.25, -0.2) is 0 Å². The first-order valence-corrected chi connectivity index (χ1v) is 5.63. The second-order valence-corrected chi connectivity index (χ2v) is 3.97. The number of nitrogens with zero attached hydrogens (tertiary/aromatic N) is 1. The molecule has 1 heterocycles. The summed E-state index contributed by atoms with van der Waals surface area (Å²) in [6, 6.07) is 8.70. The summed E-state index contributed by atoms with van der Waals surface area (Å²) in [4.78, 5) is 23.8. The molecule has 0 aliphatic rings.